The first-order valence-electron chi connectivity index (χ1n) is 9.01. The van der Waals surface area contributed by atoms with E-state index in [4.69, 9.17) is 4.52 Å². The first kappa shape index (κ1) is 17.9. The maximum atomic E-state index is 12.6. The molecule has 0 aliphatic heterocycles. The van der Waals surface area contributed by atoms with Gasteiger partial charge in [0.05, 0.1) is 12.7 Å². The molecule has 4 rings (SSSR count). The van der Waals surface area contributed by atoms with Crippen LogP contribution < -0.4 is 5.32 Å². The molecule has 0 aliphatic carbocycles. The van der Waals surface area contributed by atoms with Gasteiger partial charge in [0.15, 0.2) is 5.76 Å². The molecule has 0 bridgehead atoms. The molecule has 0 unspecified atom stereocenters. The Kier molecular flexibility index (Phi) is 5.12. The van der Waals surface area contributed by atoms with Crippen LogP contribution in [0.15, 0.2) is 77.6 Å². The van der Waals surface area contributed by atoms with Crippen LogP contribution in [0.4, 0.5) is 5.82 Å². The second-order valence-corrected chi connectivity index (χ2v) is 6.68. The molecule has 4 aromatic rings. The predicted octanol–water partition coefficient (Wildman–Crippen LogP) is 4.11. The highest BCUT2D eigenvalue weighted by Gasteiger charge is 2.10. The van der Waals surface area contributed by atoms with Crippen LogP contribution in [0.25, 0.3) is 10.8 Å². The van der Waals surface area contributed by atoms with Crippen LogP contribution >= 0.6 is 0 Å². The number of hydrogen-bond donors (Lipinski definition) is 1. The lowest BCUT2D eigenvalue weighted by Gasteiger charge is -2.15. The number of carbonyl (C=O) groups excluding carboxylic acids is 1. The molecule has 0 saturated carbocycles. The molecule has 0 spiro atoms. The van der Waals surface area contributed by atoms with E-state index >= 15 is 0 Å². The highest BCUT2D eigenvalue weighted by molar-refractivity contribution is 6.08. The molecule has 0 atom stereocenters. The number of anilines is 1. The van der Waals surface area contributed by atoms with Crippen molar-refractivity contribution >= 4 is 22.5 Å². The number of hydrogen-bond acceptors (Lipinski definition) is 5. The van der Waals surface area contributed by atoms with E-state index in [0.717, 1.165) is 28.6 Å². The molecule has 0 saturated heterocycles. The van der Waals surface area contributed by atoms with Gasteiger partial charge in [-0.25, -0.2) is 4.98 Å². The van der Waals surface area contributed by atoms with Crippen molar-refractivity contribution in [3.63, 3.8) is 0 Å². The van der Waals surface area contributed by atoms with Gasteiger partial charge in [-0.15, -0.1) is 0 Å². The lowest BCUT2D eigenvalue weighted by molar-refractivity contribution is 0.102. The topological polar surface area (TPSA) is 71.3 Å². The standard InChI is InChI=1S/C22H20N4O2/c1-26(15-19-11-13-24-28-19)14-16-6-8-18(9-7-16)22(27)25-21-20-5-3-2-4-17(20)10-12-23-21/h2-13H,14-15H2,1H3,(H,23,25,27). The van der Waals surface area contributed by atoms with Crippen molar-refractivity contribution in [1.29, 1.82) is 0 Å². The quantitative estimate of drug-likeness (QED) is 0.552. The zero-order valence-corrected chi connectivity index (χ0v) is 15.5. The molecule has 140 valence electrons. The first-order chi connectivity index (χ1) is 13.7. The molecule has 28 heavy (non-hydrogen) atoms. The summed E-state index contributed by atoms with van der Waals surface area (Å²) in [7, 11) is 2.01. The van der Waals surface area contributed by atoms with Gasteiger partial charge in [0.2, 0.25) is 0 Å². The van der Waals surface area contributed by atoms with E-state index in [0.29, 0.717) is 17.9 Å². The van der Waals surface area contributed by atoms with Gasteiger partial charge >= 0.3 is 0 Å². The van der Waals surface area contributed by atoms with Crippen LogP contribution in [-0.2, 0) is 13.1 Å². The number of pyridine rings is 1. The van der Waals surface area contributed by atoms with Gasteiger partial charge in [0.1, 0.15) is 5.82 Å². The summed E-state index contributed by atoms with van der Waals surface area (Å²) < 4.78 is 5.13. The van der Waals surface area contributed by atoms with Gasteiger partial charge in [-0.2, -0.15) is 0 Å². The lowest BCUT2D eigenvalue weighted by atomic mass is 10.1. The maximum absolute atomic E-state index is 12.6. The average molecular weight is 372 g/mol. The Hall–Kier alpha value is -3.51. The molecule has 2 aromatic carbocycles. The molecule has 2 aromatic heterocycles. The molecule has 1 amide bonds. The summed E-state index contributed by atoms with van der Waals surface area (Å²) in [5, 5.41) is 8.59. The summed E-state index contributed by atoms with van der Waals surface area (Å²) >= 11 is 0. The summed E-state index contributed by atoms with van der Waals surface area (Å²) in [5.41, 5.74) is 1.71. The van der Waals surface area contributed by atoms with Gasteiger partial charge < -0.3 is 9.84 Å². The van der Waals surface area contributed by atoms with E-state index in [1.165, 1.54) is 0 Å². The molecular weight excluding hydrogens is 352 g/mol. The summed E-state index contributed by atoms with van der Waals surface area (Å²) in [5.74, 6) is 1.21. The van der Waals surface area contributed by atoms with E-state index in [9.17, 15) is 4.79 Å². The van der Waals surface area contributed by atoms with Crippen LogP contribution in [0.2, 0.25) is 0 Å². The minimum Gasteiger partial charge on any atom is -0.360 e. The minimum atomic E-state index is -0.176. The summed E-state index contributed by atoms with van der Waals surface area (Å²) in [6, 6.07) is 19.2. The van der Waals surface area contributed by atoms with Crippen molar-refractivity contribution in [3.8, 4) is 0 Å². The van der Waals surface area contributed by atoms with Crippen LogP contribution in [0.3, 0.4) is 0 Å². The van der Waals surface area contributed by atoms with Gasteiger partial charge in [-0.3, -0.25) is 9.69 Å². The molecule has 0 aliphatic rings. The first-order valence-corrected chi connectivity index (χ1v) is 9.01. The Bertz CT molecular complexity index is 1070. The Morgan fingerprint density at radius 2 is 1.82 bits per heavy atom. The van der Waals surface area contributed by atoms with Crippen molar-refractivity contribution in [2.75, 3.05) is 12.4 Å². The summed E-state index contributed by atoms with van der Waals surface area (Å²) in [6.45, 7) is 1.42. The van der Waals surface area contributed by atoms with Crippen molar-refractivity contribution in [2.24, 2.45) is 0 Å². The highest BCUT2D eigenvalue weighted by Crippen LogP contribution is 2.21. The average Bonchev–Trinajstić information content (AvgIpc) is 3.21. The van der Waals surface area contributed by atoms with Crippen molar-refractivity contribution in [1.82, 2.24) is 15.0 Å². The van der Waals surface area contributed by atoms with E-state index in [2.05, 4.69) is 20.4 Å². The summed E-state index contributed by atoms with van der Waals surface area (Å²) in [6.07, 6.45) is 3.34. The fraction of sp³-hybridized carbons (Fsp3) is 0.136. The summed E-state index contributed by atoms with van der Waals surface area (Å²) in [4.78, 5) is 19.1. The maximum Gasteiger partial charge on any atom is 0.256 e. The van der Waals surface area contributed by atoms with Crippen molar-refractivity contribution in [3.05, 3.63) is 89.9 Å². The van der Waals surface area contributed by atoms with Crippen molar-refractivity contribution < 1.29 is 9.32 Å². The highest BCUT2D eigenvalue weighted by atomic mass is 16.5. The van der Waals surface area contributed by atoms with Crippen molar-refractivity contribution in [2.45, 2.75) is 13.1 Å². The number of amides is 1. The van der Waals surface area contributed by atoms with Crippen LogP contribution in [-0.4, -0.2) is 28.0 Å². The Morgan fingerprint density at radius 3 is 2.61 bits per heavy atom. The molecular formula is C22H20N4O2. The molecule has 0 fully saturated rings. The molecule has 2 heterocycles. The predicted molar refractivity (Wildman–Crippen MR) is 108 cm³/mol. The van der Waals surface area contributed by atoms with Crippen LogP contribution in [0.1, 0.15) is 21.7 Å². The van der Waals surface area contributed by atoms with E-state index in [1.807, 2.05) is 67.7 Å². The van der Waals surface area contributed by atoms with Crippen LogP contribution in [0, 0.1) is 0 Å². The number of carbonyl (C=O) groups is 1. The van der Waals surface area contributed by atoms with E-state index in [-0.39, 0.29) is 5.91 Å². The Labute approximate surface area is 162 Å². The number of aromatic nitrogens is 2. The zero-order chi connectivity index (χ0) is 19.3. The van der Waals surface area contributed by atoms with Crippen LogP contribution in [0.5, 0.6) is 0 Å². The molecule has 1 N–H and O–H groups in total. The molecule has 0 radical (unpaired) electrons. The SMILES string of the molecule is CN(Cc1ccc(C(=O)Nc2nccc3ccccc23)cc1)Cc1ccno1. The molecule has 6 nitrogen and oxygen atoms in total. The minimum absolute atomic E-state index is 0.176. The fourth-order valence-corrected chi connectivity index (χ4v) is 3.12. The van der Waals surface area contributed by atoms with E-state index in [1.54, 1.807) is 12.4 Å². The van der Waals surface area contributed by atoms with Gasteiger partial charge in [0.25, 0.3) is 5.91 Å². The normalized spacial score (nSPS) is 11.1. The third kappa shape index (κ3) is 4.07. The number of benzene rings is 2. The largest absolute Gasteiger partial charge is 0.360 e. The number of nitrogens with zero attached hydrogens (tertiary/aromatic N) is 3. The third-order valence-electron chi connectivity index (χ3n) is 4.49. The van der Waals surface area contributed by atoms with Gasteiger partial charge in [-0.05, 0) is 36.2 Å². The number of fused-ring (bicyclic) bond motifs is 1. The number of nitrogens with one attached hydrogen (secondary N) is 1. The third-order valence-corrected chi connectivity index (χ3v) is 4.49. The van der Waals surface area contributed by atoms with Gasteiger partial charge in [-0.1, -0.05) is 41.6 Å². The smallest absolute Gasteiger partial charge is 0.256 e. The molecule has 6 heteroatoms. The second kappa shape index (κ2) is 8.02. The van der Waals surface area contributed by atoms with E-state index < -0.39 is 0 Å². The Morgan fingerprint density at radius 1 is 1.00 bits per heavy atom. The number of rotatable bonds is 6. The zero-order valence-electron chi connectivity index (χ0n) is 15.5. The Balaban J connectivity index is 1.42. The fourth-order valence-electron chi connectivity index (χ4n) is 3.12. The van der Waals surface area contributed by atoms with Gasteiger partial charge in [0, 0.05) is 29.8 Å². The lowest BCUT2D eigenvalue weighted by Crippen LogP contribution is -2.17. The monoisotopic (exact) mass is 372 g/mol. The second-order valence-electron chi connectivity index (χ2n) is 6.68.